The summed E-state index contributed by atoms with van der Waals surface area (Å²) >= 11 is 11.5. The molecule has 186 valence electrons. The van der Waals surface area contributed by atoms with Crippen LogP contribution in [0.4, 0.5) is 23.2 Å². The molecule has 2 aromatic carbocycles. The largest absolute Gasteiger partial charge is 0.504 e. The average Bonchev–Trinajstić information content (AvgIpc) is 2.84. The van der Waals surface area contributed by atoms with E-state index in [1.54, 1.807) is 0 Å². The number of alkyl halides is 3. The summed E-state index contributed by atoms with van der Waals surface area (Å²) in [6.07, 6.45) is -4.82. The van der Waals surface area contributed by atoms with Crippen LogP contribution in [0.1, 0.15) is 31.6 Å². The summed E-state index contributed by atoms with van der Waals surface area (Å²) < 4.78 is 79.4. The van der Waals surface area contributed by atoms with E-state index in [1.165, 1.54) is 6.07 Å². The number of nitrogens with zero attached hydrogens (tertiary/aromatic N) is 3. The molecule has 0 bridgehead atoms. The molecule has 0 radical (unpaired) electrons. The summed E-state index contributed by atoms with van der Waals surface area (Å²) in [5.74, 6) is -3.69. The highest BCUT2D eigenvalue weighted by molar-refractivity contribution is 6.36. The number of aromatic nitrogens is 3. The number of rotatable bonds is 4. The summed E-state index contributed by atoms with van der Waals surface area (Å²) in [7, 11) is 0. The number of pyridine rings is 1. The normalized spacial score (nSPS) is 13.2. The van der Waals surface area contributed by atoms with Crippen LogP contribution in [0.2, 0.25) is 10.2 Å². The van der Waals surface area contributed by atoms with Gasteiger partial charge in [-0.2, -0.15) is 13.2 Å². The van der Waals surface area contributed by atoms with Crippen LogP contribution in [0.25, 0.3) is 10.9 Å². The first-order valence-corrected chi connectivity index (χ1v) is 10.6. The van der Waals surface area contributed by atoms with Gasteiger partial charge in [0.25, 0.3) is 11.5 Å². The van der Waals surface area contributed by atoms with Crippen molar-refractivity contribution < 1.29 is 31.6 Å². The van der Waals surface area contributed by atoms with Gasteiger partial charge in [0, 0.05) is 4.11 Å². The van der Waals surface area contributed by atoms with Gasteiger partial charge in [-0.3, -0.25) is 14.2 Å². The van der Waals surface area contributed by atoms with Crippen molar-refractivity contribution in [2.75, 3.05) is 5.32 Å². The van der Waals surface area contributed by atoms with Gasteiger partial charge < -0.3 is 10.4 Å². The fourth-order valence-corrected chi connectivity index (χ4v) is 3.86. The molecule has 4 rings (SSSR count). The number of hydrogen-bond donors (Lipinski definition) is 2. The molecule has 0 saturated carbocycles. The lowest BCUT2D eigenvalue weighted by Crippen LogP contribution is -2.27. The Morgan fingerprint density at radius 3 is 2.58 bits per heavy atom. The molecule has 0 atom stereocenters. The lowest BCUT2D eigenvalue weighted by molar-refractivity contribution is -0.138. The van der Waals surface area contributed by atoms with Gasteiger partial charge in [-0.15, -0.1) is 0 Å². The Morgan fingerprint density at radius 1 is 1.19 bits per heavy atom. The smallest absolute Gasteiger partial charge is 0.416 e. The van der Waals surface area contributed by atoms with Crippen LogP contribution in [0.5, 0.6) is 5.75 Å². The van der Waals surface area contributed by atoms with Crippen molar-refractivity contribution in [3.8, 4) is 5.75 Å². The minimum Gasteiger partial charge on any atom is -0.504 e. The SMILES string of the molecule is [2H]C([2H])([2H])c1nc2c(F)ccc(NC(=O)c3cc(Cl)c(O)c(Cl)n3)c2c(=O)n1Cc1ccccc1C(F)(F)F. The number of aromatic hydroxyl groups is 1. The third-order valence-corrected chi connectivity index (χ3v) is 5.65. The van der Waals surface area contributed by atoms with Gasteiger partial charge >= 0.3 is 6.18 Å². The fraction of sp³-hybridized carbons (Fsp3) is 0.130. The van der Waals surface area contributed by atoms with E-state index >= 15 is 0 Å². The predicted octanol–water partition coefficient (Wildman–Crippen LogP) is 5.57. The maximum Gasteiger partial charge on any atom is 0.416 e. The molecule has 0 aliphatic carbocycles. The van der Waals surface area contributed by atoms with Crippen molar-refractivity contribution in [3.05, 3.63) is 91.5 Å². The van der Waals surface area contributed by atoms with Crippen molar-refractivity contribution in [2.24, 2.45) is 0 Å². The maximum atomic E-state index is 14.8. The van der Waals surface area contributed by atoms with Gasteiger partial charge in [0.05, 0.1) is 28.2 Å². The molecule has 13 heteroatoms. The van der Waals surface area contributed by atoms with E-state index in [4.69, 9.17) is 27.3 Å². The van der Waals surface area contributed by atoms with E-state index in [-0.39, 0.29) is 10.7 Å². The topological polar surface area (TPSA) is 97.1 Å². The van der Waals surface area contributed by atoms with Gasteiger partial charge in [-0.25, -0.2) is 14.4 Å². The number of hydrogen-bond acceptors (Lipinski definition) is 5. The highest BCUT2D eigenvalue weighted by atomic mass is 35.5. The molecule has 2 N–H and O–H groups in total. The molecule has 0 saturated heterocycles. The number of amides is 1. The Kier molecular flexibility index (Phi) is 5.63. The van der Waals surface area contributed by atoms with Gasteiger partial charge in [-0.05, 0) is 36.7 Å². The first kappa shape index (κ1) is 21.6. The Bertz CT molecular complexity index is 1670. The van der Waals surface area contributed by atoms with Crippen molar-refractivity contribution in [1.29, 1.82) is 0 Å². The van der Waals surface area contributed by atoms with Crippen molar-refractivity contribution >= 4 is 45.7 Å². The molecule has 0 unspecified atom stereocenters. The molecule has 0 spiro atoms. The van der Waals surface area contributed by atoms with Crippen molar-refractivity contribution in [1.82, 2.24) is 14.5 Å². The second-order valence-electron chi connectivity index (χ2n) is 7.38. The van der Waals surface area contributed by atoms with Crippen LogP contribution in [0.3, 0.4) is 0 Å². The number of benzene rings is 2. The predicted molar refractivity (Wildman–Crippen MR) is 125 cm³/mol. The minimum atomic E-state index is -4.82. The molecule has 36 heavy (non-hydrogen) atoms. The van der Waals surface area contributed by atoms with Gasteiger partial charge in [0.2, 0.25) is 0 Å². The third kappa shape index (κ3) is 4.71. The number of anilines is 1. The number of aryl methyl sites for hydroxylation is 1. The van der Waals surface area contributed by atoms with Crippen LogP contribution in [0, 0.1) is 12.7 Å². The summed E-state index contributed by atoms with van der Waals surface area (Å²) in [4.78, 5) is 33.8. The lowest BCUT2D eigenvalue weighted by Gasteiger charge is -2.17. The van der Waals surface area contributed by atoms with Gasteiger partial charge in [0.15, 0.2) is 10.9 Å². The summed E-state index contributed by atoms with van der Waals surface area (Å²) in [6.45, 7) is -4.00. The number of carbonyl (C=O) groups is 1. The van der Waals surface area contributed by atoms with Crippen LogP contribution < -0.4 is 10.9 Å². The quantitative estimate of drug-likeness (QED) is 0.259. The second-order valence-corrected chi connectivity index (χ2v) is 8.15. The zero-order valence-electron chi connectivity index (χ0n) is 20.6. The van der Waals surface area contributed by atoms with E-state index in [2.05, 4.69) is 15.3 Å². The van der Waals surface area contributed by atoms with Crippen LogP contribution in [-0.2, 0) is 12.7 Å². The second kappa shape index (κ2) is 9.40. The number of carbonyl (C=O) groups excluding carboxylic acids is 1. The summed E-state index contributed by atoms with van der Waals surface area (Å²) in [6, 6.07) is 6.95. The van der Waals surface area contributed by atoms with Crippen molar-refractivity contribution in [3.63, 3.8) is 0 Å². The molecule has 2 heterocycles. The number of fused-ring (bicyclic) bond motifs is 1. The molecule has 0 aliphatic rings. The summed E-state index contributed by atoms with van der Waals surface area (Å²) in [5, 5.41) is 10.5. The zero-order chi connectivity index (χ0) is 28.9. The molecule has 0 fully saturated rings. The Labute approximate surface area is 214 Å². The molecule has 7 nitrogen and oxygen atoms in total. The molecular formula is C23H14Cl2F4N4O3. The van der Waals surface area contributed by atoms with E-state index in [1.807, 2.05) is 0 Å². The van der Waals surface area contributed by atoms with Crippen LogP contribution >= 0.6 is 23.2 Å². The molecule has 0 aliphatic heterocycles. The number of halogens is 6. The van der Waals surface area contributed by atoms with E-state index in [9.17, 15) is 32.3 Å². The first-order chi connectivity index (χ1) is 18.1. The van der Waals surface area contributed by atoms with Crippen molar-refractivity contribution in [2.45, 2.75) is 19.6 Å². The minimum absolute atomic E-state index is 0.321. The standard InChI is InChI=1S/C23H14Cl2F4N4O3/c1-10-30-18-14(26)6-7-15(32-21(35)16-8-13(24)19(34)20(25)31-16)17(18)22(36)33(10)9-11-4-2-3-5-12(11)23(27,28)29/h2-8,34H,9H2,1H3,(H,32,35)/i1D3. The highest BCUT2D eigenvalue weighted by Crippen LogP contribution is 2.33. The average molecular weight is 544 g/mol. The van der Waals surface area contributed by atoms with Crippen LogP contribution in [-0.4, -0.2) is 25.5 Å². The van der Waals surface area contributed by atoms with E-state index in [0.717, 1.165) is 36.4 Å². The number of nitrogens with one attached hydrogen (secondary N) is 1. The van der Waals surface area contributed by atoms with Gasteiger partial charge in [0.1, 0.15) is 22.9 Å². The highest BCUT2D eigenvalue weighted by Gasteiger charge is 2.33. The molecular weight excluding hydrogens is 527 g/mol. The first-order valence-electron chi connectivity index (χ1n) is 11.3. The lowest BCUT2D eigenvalue weighted by atomic mass is 10.1. The Hall–Kier alpha value is -3.70. The summed E-state index contributed by atoms with van der Waals surface area (Å²) in [5.41, 5.74) is -4.30. The maximum absolute atomic E-state index is 14.8. The molecule has 4 aromatic rings. The van der Waals surface area contributed by atoms with E-state index in [0.29, 0.717) is 4.57 Å². The van der Waals surface area contributed by atoms with Crippen LogP contribution in [0.15, 0.2) is 47.3 Å². The zero-order valence-corrected chi connectivity index (χ0v) is 19.1. The van der Waals surface area contributed by atoms with E-state index < -0.39 is 81.3 Å². The monoisotopic (exact) mass is 543 g/mol. The Morgan fingerprint density at radius 2 is 1.92 bits per heavy atom. The third-order valence-electron chi connectivity index (χ3n) is 5.10. The Balaban J connectivity index is 1.93. The fourth-order valence-electron chi connectivity index (χ4n) is 3.43. The van der Waals surface area contributed by atoms with Gasteiger partial charge in [-0.1, -0.05) is 41.4 Å². The molecule has 1 amide bonds. The molecule has 2 aromatic heterocycles.